The molecule has 2 N–H and O–H groups in total. The van der Waals surface area contributed by atoms with Crippen molar-refractivity contribution >= 4 is 16.6 Å². The van der Waals surface area contributed by atoms with E-state index in [9.17, 15) is 0 Å². The van der Waals surface area contributed by atoms with Crippen LogP contribution in [0.4, 0.5) is 5.69 Å². The van der Waals surface area contributed by atoms with E-state index in [-0.39, 0.29) is 0 Å². The zero-order valence-electron chi connectivity index (χ0n) is 13.7. The van der Waals surface area contributed by atoms with Crippen LogP contribution in [-0.4, -0.2) is 24.2 Å². The summed E-state index contributed by atoms with van der Waals surface area (Å²) in [7, 11) is 3.23. The molecular formula is C19H19N3O2. The van der Waals surface area contributed by atoms with Gasteiger partial charge < -0.3 is 15.2 Å². The van der Waals surface area contributed by atoms with E-state index in [2.05, 4.69) is 16.5 Å². The first-order chi connectivity index (χ1) is 11.7. The van der Waals surface area contributed by atoms with Crippen LogP contribution in [0.3, 0.4) is 0 Å². The first kappa shape index (κ1) is 15.8. The largest absolute Gasteiger partial charge is 0.493 e. The molecule has 0 aliphatic carbocycles. The van der Waals surface area contributed by atoms with Crippen LogP contribution in [-0.2, 0) is 6.42 Å². The Kier molecular flexibility index (Phi) is 4.33. The number of para-hydroxylation sites is 1. The summed E-state index contributed by atoms with van der Waals surface area (Å²) in [5, 5.41) is 0.896. The number of aromatic nitrogens is 2. The maximum absolute atomic E-state index is 6.16. The maximum atomic E-state index is 6.16. The van der Waals surface area contributed by atoms with Crippen LogP contribution in [0.25, 0.3) is 22.2 Å². The zero-order chi connectivity index (χ0) is 17.1. The second kappa shape index (κ2) is 6.58. The van der Waals surface area contributed by atoms with Crippen LogP contribution in [0, 0.1) is 0 Å². The Labute approximate surface area is 140 Å². The fraction of sp³-hybridized carbons (Fsp3) is 0.158. The third-order valence-electron chi connectivity index (χ3n) is 3.93. The normalized spacial score (nSPS) is 10.6. The zero-order valence-corrected chi connectivity index (χ0v) is 13.7. The number of ether oxygens (including phenoxy) is 2. The number of nitrogens with zero attached hydrogens (tertiary/aromatic N) is 2. The van der Waals surface area contributed by atoms with E-state index in [0.717, 1.165) is 27.7 Å². The topological polar surface area (TPSA) is 70.3 Å². The number of methoxy groups -OCH3 is 2. The lowest BCUT2D eigenvalue weighted by atomic mass is 9.97. The van der Waals surface area contributed by atoms with Crippen LogP contribution >= 0.6 is 0 Å². The molecule has 3 rings (SSSR count). The summed E-state index contributed by atoms with van der Waals surface area (Å²) >= 11 is 0. The van der Waals surface area contributed by atoms with Gasteiger partial charge in [0.1, 0.15) is 6.33 Å². The van der Waals surface area contributed by atoms with E-state index in [1.807, 2.05) is 36.4 Å². The molecule has 0 aliphatic heterocycles. The third kappa shape index (κ3) is 2.54. The van der Waals surface area contributed by atoms with E-state index >= 15 is 0 Å². The van der Waals surface area contributed by atoms with Crippen molar-refractivity contribution in [2.75, 3.05) is 20.0 Å². The van der Waals surface area contributed by atoms with Gasteiger partial charge in [0.25, 0.3) is 0 Å². The molecular weight excluding hydrogens is 302 g/mol. The molecule has 0 atom stereocenters. The summed E-state index contributed by atoms with van der Waals surface area (Å²) in [5.41, 5.74) is 10.2. The molecule has 0 unspecified atom stereocenters. The molecule has 1 heterocycles. The van der Waals surface area contributed by atoms with Crippen molar-refractivity contribution in [3.05, 3.63) is 54.9 Å². The van der Waals surface area contributed by atoms with Crippen LogP contribution in [0.2, 0.25) is 0 Å². The van der Waals surface area contributed by atoms with Crippen molar-refractivity contribution < 1.29 is 9.47 Å². The van der Waals surface area contributed by atoms with Crippen molar-refractivity contribution in [1.29, 1.82) is 0 Å². The molecule has 5 nitrogen and oxygen atoms in total. The van der Waals surface area contributed by atoms with Crippen LogP contribution in [0.1, 0.15) is 5.56 Å². The number of benzene rings is 2. The van der Waals surface area contributed by atoms with Gasteiger partial charge in [-0.3, -0.25) is 0 Å². The van der Waals surface area contributed by atoms with Gasteiger partial charge in [0.15, 0.2) is 11.5 Å². The number of allylic oxidation sites excluding steroid dienone is 1. The van der Waals surface area contributed by atoms with Crippen molar-refractivity contribution in [3.63, 3.8) is 0 Å². The van der Waals surface area contributed by atoms with E-state index in [0.29, 0.717) is 23.6 Å². The quantitative estimate of drug-likeness (QED) is 0.574. The molecule has 0 bridgehead atoms. The Morgan fingerprint density at radius 2 is 1.96 bits per heavy atom. The van der Waals surface area contributed by atoms with Gasteiger partial charge in [-0.25, -0.2) is 9.97 Å². The van der Waals surface area contributed by atoms with Gasteiger partial charge in [-0.1, -0.05) is 24.3 Å². The minimum atomic E-state index is 0.601. The lowest BCUT2D eigenvalue weighted by molar-refractivity contribution is 0.353. The number of nitrogens with two attached hydrogens (primary N) is 1. The molecule has 5 heteroatoms. The van der Waals surface area contributed by atoms with Gasteiger partial charge in [-0.2, -0.15) is 0 Å². The summed E-state index contributed by atoms with van der Waals surface area (Å²) in [6, 6.07) is 9.50. The highest BCUT2D eigenvalue weighted by molar-refractivity contribution is 5.99. The monoisotopic (exact) mass is 321 g/mol. The summed E-state index contributed by atoms with van der Waals surface area (Å²) < 4.78 is 11.0. The lowest BCUT2D eigenvalue weighted by Gasteiger charge is -2.17. The van der Waals surface area contributed by atoms with Crippen molar-refractivity contribution in [3.8, 4) is 22.8 Å². The summed E-state index contributed by atoms with van der Waals surface area (Å²) in [6.45, 7) is 3.85. The second-order valence-corrected chi connectivity index (χ2v) is 5.29. The van der Waals surface area contributed by atoms with Crippen molar-refractivity contribution in [2.45, 2.75) is 6.42 Å². The number of anilines is 1. The van der Waals surface area contributed by atoms with Gasteiger partial charge in [-0.15, -0.1) is 6.58 Å². The predicted molar refractivity (Wildman–Crippen MR) is 96.4 cm³/mol. The number of rotatable bonds is 5. The molecule has 122 valence electrons. The highest BCUT2D eigenvalue weighted by atomic mass is 16.5. The molecule has 3 aromatic rings. The number of hydrogen-bond donors (Lipinski definition) is 1. The predicted octanol–water partition coefficient (Wildman–Crippen LogP) is 3.62. The van der Waals surface area contributed by atoms with Gasteiger partial charge >= 0.3 is 0 Å². The highest BCUT2D eigenvalue weighted by Crippen LogP contribution is 2.41. The summed E-state index contributed by atoms with van der Waals surface area (Å²) in [6.07, 6.45) is 3.96. The molecule has 0 spiro atoms. The molecule has 0 fully saturated rings. The Morgan fingerprint density at radius 3 is 2.62 bits per heavy atom. The average Bonchev–Trinajstić information content (AvgIpc) is 2.61. The number of nitrogen functional groups attached to an aromatic ring is 1. The second-order valence-electron chi connectivity index (χ2n) is 5.29. The van der Waals surface area contributed by atoms with E-state index < -0.39 is 0 Å². The third-order valence-corrected chi connectivity index (χ3v) is 3.93. The first-order valence-corrected chi connectivity index (χ1v) is 7.55. The van der Waals surface area contributed by atoms with Crippen LogP contribution in [0.5, 0.6) is 11.5 Å². The molecule has 0 amide bonds. The Morgan fingerprint density at radius 1 is 1.17 bits per heavy atom. The maximum Gasteiger partial charge on any atom is 0.165 e. The number of fused-ring (bicyclic) bond motifs is 1. The van der Waals surface area contributed by atoms with Gasteiger partial charge in [-0.05, 0) is 12.5 Å². The Bertz CT molecular complexity index is 906. The molecule has 1 aromatic heterocycles. The van der Waals surface area contributed by atoms with Gasteiger partial charge in [0.05, 0.1) is 25.4 Å². The van der Waals surface area contributed by atoms with E-state index in [1.54, 1.807) is 14.2 Å². The molecule has 0 radical (unpaired) electrons. The summed E-state index contributed by atoms with van der Waals surface area (Å²) in [5.74, 6) is 1.29. The van der Waals surface area contributed by atoms with Crippen LogP contribution < -0.4 is 15.2 Å². The molecule has 0 aliphatic rings. The Hall–Kier alpha value is -3.08. The molecule has 0 saturated heterocycles. The van der Waals surface area contributed by atoms with E-state index in [1.165, 1.54) is 6.33 Å². The van der Waals surface area contributed by atoms with Crippen LogP contribution in [0.15, 0.2) is 49.3 Å². The molecule has 2 aromatic carbocycles. The minimum absolute atomic E-state index is 0.601. The first-order valence-electron chi connectivity index (χ1n) is 7.55. The fourth-order valence-electron chi connectivity index (χ4n) is 2.89. The highest BCUT2D eigenvalue weighted by Gasteiger charge is 2.19. The average molecular weight is 321 g/mol. The smallest absolute Gasteiger partial charge is 0.165 e. The SMILES string of the molecule is C=CCc1c(OC)c(OC)cc2ncnc(-c3ccccc3N)c12. The fourth-order valence-corrected chi connectivity index (χ4v) is 2.89. The van der Waals surface area contributed by atoms with Gasteiger partial charge in [0, 0.05) is 28.3 Å². The van der Waals surface area contributed by atoms with Crippen molar-refractivity contribution in [2.24, 2.45) is 0 Å². The minimum Gasteiger partial charge on any atom is -0.493 e. The molecule has 24 heavy (non-hydrogen) atoms. The standard InChI is InChI=1S/C19H19N3O2/c1-4-7-13-17-15(10-16(23-2)19(13)24-3)21-11-22-18(17)12-8-5-6-9-14(12)20/h4-6,8-11H,1,7,20H2,2-3H3. The van der Waals surface area contributed by atoms with Crippen molar-refractivity contribution in [1.82, 2.24) is 9.97 Å². The van der Waals surface area contributed by atoms with Gasteiger partial charge in [0.2, 0.25) is 0 Å². The Balaban J connectivity index is 2.44. The number of hydrogen-bond acceptors (Lipinski definition) is 5. The summed E-state index contributed by atoms with van der Waals surface area (Å²) in [4.78, 5) is 8.89. The lowest BCUT2D eigenvalue weighted by Crippen LogP contribution is -2.01. The molecule has 0 saturated carbocycles. The van der Waals surface area contributed by atoms with E-state index in [4.69, 9.17) is 15.2 Å².